The molecule has 2 nitrogen and oxygen atoms in total. The van der Waals surface area contributed by atoms with Crippen molar-refractivity contribution in [3.8, 4) is 0 Å². The average Bonchev–Trinajstić information content (AvgIpc) is 2.06. The predicted octanol–water partition coefficient (Wildman–Crippen LogP) is 3.57. The molecule has 0 unspecified atom stereocenters. The molecule has 0 aliphatic heterocycles. The van der Waals surface area contributed by atoms with Gasteiger partial charge in [-0.25, -0.2) is 4.98 Å². The van der Waals surface area contributed by atoms with Crippen LogP contribution in [0.4, 0.5) is 18.9 Å². The summed E-state index contributed by atoms with van der Waals surface area (Å²) in [6.07, 6.45) is -4.44. The average molecular weight is 283 g/mol. The number of alkyl halides is 3. The number of nitrogen functional groups attached to an aromatic ring is 1. The van der Waals surface area contributed by atoms with Crippen molar-refractivity contribution in [2.45, 2.75) is 25.9 Å². The highest BCUT2D eigenvalue weighted by Crippen LogP contribution is 2.34. The van der Waals surface area contributed by atoms with Crippen LogP contribution >= 0.6 is 15.9 Å². The molecule has 0 fully saturated rings. The Morgan fingerprint density at radius 3 is 2.33 bits per heavy atom. The molecule has 0 radical (unpaired) electrons. The lowest BCUT2D eigenvalue weighted by Crippen LogP contribution is -2.11. The van der Waals surface area contributed by atoms with E-state index in [0.717, 1.165) is 6.07 Å². The van der Waals surface area contributed by atoms with Crippen LogP contribution in [0.25, 0.3) is 0 Å². The van der Waals surface area contributed by atoms with Gasteiger partial charge in [0.2, 0.25) is 0 Å². The van der Waals surface area contributed by atoms with Gasteiger partial charge in [0.15, 0.2) is 0 Å². The second kappa shape index (κ2) is 4.00. The third-order valence-electron chi connectivity index (χ3n) is 1.96. The third-order valence-corrected chi connectivity index (χ3v) is 2.56. The molecule has 1 aromatic heterocycles. The highest BCUT2D eigenvalue weighted by Gasteiger charge is 2.34. The number of hydrogen-bond donors (Lipinski definition) is 1. The number of nitrogens with zero attached hydrogens (tertiary/aromatic N) is 1. The van der Waals surface area contributed by atoms with Crippen molar-refractivity contribution in [1.29, 1.82) is 0 Å². The fourth-order valence-electron chi connectivity index (χ4n) is 1.17. The Morgan fingerprint density at radius 2 is 1.93 bits per heavy atom. The fourth-order valence-corrected chi connectivity index (χ4v) is 1.59. The maximum atomic E-state index is 12.4. The van der Waals surface area contributed by atoms with E-state index in [1.165, 1.54) is 0 Å². The van der Waals surface area contributed by atoms with Gasteiger partial charge in [-0.2, -0.15) is 13.2 Å². The number of rotatable bonds is 1. The van der Waals surface area contributed by atoms with E-state index in [1.807, 2.05) is 0 Å². The second-order valence-corrected chi connectivity index (χ2v) is 4.20. The fraction of sp³-hybridized carbons (Fsp3) is 0.444. The minimum absolute atomic E-state index is 0.0426. The minimum Gasteiger partial charge on any atom is -0.396 e. The summed E-state index contributed by atoms with van der Waals surface area (Å²) in [5.41, 5.74) is 5.41. The standard InChI is InChI=1S/C9H10BrF3N2/c1-4(2)5-3-6(9(11,12)13)15-8(10)7(5)14/h3-4H,14H2,1-2H3. The summed E-state index contributed by atoms with van der Waals surface area (Å²) in [7, 11) is 0. The minimum atomic E-state index is -4.44. The Labute approximate surface area is 93.8 Å². The molecule has 0 bridgehead atoms. The normalized spacial score (nSPS) is 12.2. The maximum absolute atomic E-state index is 12.4. The number of aromatic nitrogens is 1. The van der Waals surface area contributed by atoms with Crippen molar-refractivity contribution < 1.29 is 13.2 Å². The Hall–Kier alpha value is -0.780. The van der Waals surface area contributed by atoms with Crippen LogP contribution in [0.5, 0.6) is 0 Å². The van der Waals surface area contributed by atoms with Crippen molar-refractivity contribution in [2.24, 2.45) is 0 Å². The van der Waals surface area contributed by atoms with Crippen LogP contribution in [0.1, 0.15) is 31.0 Å². The van der Waals surface area contributed by atoms with Gasteiger partial charge in [0, 0.05) is 0 Å². The van der Waals surface area contributed by atoms with Crippen molar-refractivity contribution in [1.82, 2.24) is 4.98 Å². The molecular weight excluding hydrogens is 273 g/mol. The van der Waals surface area contributed by atoms with E-state index in [9.17, 15) is 13.2 Å². The van der Waals surface area contributed by atoms with Crippen molar-refractivity contribution >= 4 is 21.6 Å². The van der Waals surface area contributed by atoms with Crippen molar-refractivity contribution in [3.05, 3.63) is 21.9 Å². The zero-order chi connectivity index (χ0) is 11.8. The molecule has 6 heteroatoms. The molecule has 2 N–H and O–H groups in total. The molecule has 0 spiro atoms. The van der Waals surface area contributed by atoms with Crippen molar-refractivity contribution in [2.75, 3.05) is 5.73 Å². The molecule has 0 amide bonds. The molecule has 1 aromatic rings. The Kier molecular flexibility index (Phi) is 3.28. The molecule has 84 valence electrons. The van der Waals surface area contributed by atoms with Crippen LogP contribution in [-0.4, -0.2) is 4.98 Å². The Balaban J connectivity index is 3.36. The molecule has 15 heavy (non-hydrogen) atoms. The van der Waals surface area contributed by atoms with Crippen LogP contribution in [0.15, 0.2) is 10.7 Å². The molecule has 0 atom stereocenters. The van der Waals surface area contributed by atoms with Crippen LogP contribution in [0, 0.1) is 0 Å². The molecule has 0 aliphatic rings. The van der Waals surface area contributed by atoms with E-state index in [0.29, 0.717) is 5.56 Å². The van der Waals surface area contributed by atoms with Gasteiger partial charge in [0.25, 0.3) is 0 Å². The lowest BCUT2D eigenvalue weighted by Gasteiger charge is -2.14. The summed E-state index contributed by atoms with van der Waals surface area (Å²) in [6, 6.07) is 0.991. The van der Waals surface area contributed by atoms with E-state index in [1.54, 1.807) is 13.8 Å². The summed E-state index contributed by atoms with van der Waals surface area (Å²) in [5.74, 6) is -0.0783. The maximum Gasteiger partial charge on any atom is 0.433 e. The molecule has 1 rings (SSSR count). The van der Waals surface area contributed by atoms with E-state index in [4.69, 9.17) is 5.73 Å². The van der Waals surface area contributed by atoms with Crippen LogP contribution in [-0.2, 0) is 6.18 Å². The number of halogens is 4. The number of pyridine rings is 1. The first-order valence-corrected chi connectivity index (χ1v) is 5.06. The van der Waals surface area contributed by atoms with Gasteiger partial charge in [-0.05, 0) is 33.5 Å². The largest absolute Gasteiger partial charge is 0.433 e. The highest BCUT2D eigenvalue weighted by molar-refractivity contribution is 9.10. The van der Waals surface area contributed by atoms with Gasteiger partial charge in [-0.15, -0.1) is 0 Å². The first kappa shape index (κ1) is 12.3. The summed E-state index contributed by atoms with van der Waals surface area (Å²) >= 11 is 2.92. The highest BCUT2D eigenvalue weighted by atomic mass is 79.9. The number of hydrogen-bond acceptors (Lipinski definition) is 2. The topological polar surface area (TPSA) is 38.9 Å². The third kappa shape index (κ3) is 2.62. The van der Waals surface area contributed by atoms with Crippen molar-refractivity contribution in [3.63, 3.8) is 0 Å². The molecular formula is C9H10BrF3N2. The first-order chi connectivity index (χ1) is 6.73. The van der Waals surface area contributed by atoms with E-state index in [2.05, 4.69) is 20.9 Å². The quantitative estimate of drug-likeness (QED) is 0.800. The lowest BCUT2D eigenvalue weighted by atomic mass is 10.0. The monoisotopic (exact) mass is 282 g/mol. The molecule has 1 heterocycles. The second-order valence-electron chi connectivity index (χ2n) is 3.45. The summed E-state index contributed by atoms with van der Waals surface area (Å²) in [5, 5.41) is 0. The van der Waals surface area contributed by atoms with Gasteiger partial charge in [0.1, 0.15) is 10.3 Å². The Morgan fingerprint density at radius 1 is 1.40 bits per heavy atom. The summed E-state index contributed by atoms with van der Waals surface area (Å²) in [6.45, 7) is 3.55. The van der Waals surface area contributed by atoms with Gasteiger partial charge < -0.3 is 5.73 Å². The van der Waals surface area contributed by atoms with Crippen LogP contribution in [0.2, 0.25) is 0 Å². The molecule has 0 aromatic carbocycles. The van der Waals surface area contributed by atoms with Gasteiger partial charge >= 0.3 is 6.18 Å². The van der Waals surface area contributed by atoms with Crippen LogP contribution in [0.3, 0.4) is 0 Å². The first-order valence-electron chi connectivity index (χ1n) is 4.26. The zero-order valence-electron chi connectivity index (χ0n) is 8.19. The molecule has 0 aliphatic carbocycles. The van der Waals surface area contributed by atoms with Crippen LogP contribution < -0.4 is 5.73 Å². The van der Waals surface area contributed by atoms with E-state index >= 15 is 0 Å². The van der Waals surface area contributed by atoms with E-state index < -0.39 is 11.9 Å². The number of nitrogens with two attached hydrogens (primary N) is 1. The SMILES string of the molecule is CC(C)c1cc(C(F)(F)F)nc(Br)c1N. The smallest absolute Gasteiger partial charge is 0.396 e. The van der Waals surface area contributed by atoms with Gasteiger partial charge in [-0.3, -0.25) is 0 Å². The molecule has 0 saturated carbocycles. The summed E-state index contributed by atoms with van der Waals surface area (Å²) < 4.78 is 37.3. The Bertz CT molecular complexity index is 374. The van der Waals surface area contributed by atoms with E-state index in [-0.39, 0.29) is 16.2 Å². The number of anilines is 1. The zero-order valence-corrected chi connectivity index (χ0v) is 9.78. The van der Waals surface area contributed by atoms with Gasteiger partial charge in [-0.1, -0.05) is 13.8 Å². The van der Waals surface area contributed by atoms with Gasteiger partial charge in [0.05, 0.1) is 5.69 Å². The lowest BCUT2D eigenvalue weighted by molar-refractivity contribution is -0.141. The summed E-state index contributed by atoms with van der Waals surface area (Å²) in [4.78, 5) is 3.35. The predicted molar refractivity (Wildman–Crippen MR) is 55.4 cm³/mol. The molecule has 0 saturated heterocycles.